The van der Waals surface area contributed by atoms with Crippen LogP contribution in [0.2, 0.25) is 0 Å². The zero-order valence-corrected chi connectivity index (χ0v) is 18.0. The molecule has 33 heavy (non-hydrogen) atoms. The molecule has 8 heteroatoms. The first-order chi connectivity index (χ1) is 15.9. The second kappa shape index (κ2) is 9.70. The smallest absolute Gasteiger partial charge is 0.262 e. The summed E-state index contributed by atoms with van der Waals surface area (Å²) in [7, 11) is 0. The number of aromatic nitrogens is 1. The molecule has 8 nitrogen and oxygen atoms in total. The highest BCUT2D eigenvalue weighted by atomic mass is 16.3. The van der Waals surface area contributed by atoms with Crippen molar-refractivity contribution in [1.29, 1.82) is 0 Å². The molecule has 0 radical (unpaired) electrons. The molecular formula is C25H25N3O5. The number of piperidine rings is 1. The zero-order valence-electron chi connectivity index (χ0n) is 18.0. The average Bonchev–Trinajstić information content (AvgIpc) is 2.83. The largest absolute Gasteiger partial charge is 0.508 e. The van der Waals surface area contributed by atoms with Gasteiger partial charge in [0.1, 0.15) is 11.5 Å². The Bertz CT molecular complexity index is 1130. The second-order valence-corrected chi connectivity index (χ2v) is 8.02. The average molecular weight is 447 g/mol. The molecule has 2 aromatic carbocycles. The minimum atomic E-state index is -0.458. The minimum absolute atomic E-state index is 0.0451. The van der Waals surface area contributed by atoms with Gasteiger partial charge in [-0.2, -0.15) is 0 Å². The van der Waals surface area contributed by atoms with E-state index in [2.05, 4.69) is 4.98 Å². The fourth-order valence-corrected chi connectivity index (χ4v) is 3.84. The van der Waals surface area contributed by atoms with Gasteiger partial charge in [-0.15, -0.1) is 0 Å². The van der Waals surface area contributed by atoms with Crippen LogP contribution >= 0.6 is 0 Å². The Morgan fingerprint density at radius 1 is 1.03 bits per heavy atom. The molecule has 0 saturated carbocycles. The van der Waals surface area contributed by atoms with Crippen LogP contribution in [0, 0.1) is 0 Å². The Morgan fingerprint density at radius 2 is 1.76 bits per heavy atom. The molecular weight excluding hydrogens is 422 g/mol. The lowest BCUT2D eigenvalue weighted by Gasteiger charge is -2.30. The molecule has 0 unspecified atom stereocenters. The van der Waals surface area contributed by atoms with E-state index in [9.17, 15) is 24.9 Å². The summed E-state index contributed by atoms with van der Waals surface area (Å²) in [4.78, 5) is 33.4. The van der Waals surface area contributed by atoms with Crippen LogP contribution in [-0.4, -0.2) is 56.2 Å². The third-order valence-electron chi connectivity index (χ3n) is 5.70. The van der Waals surface area contributed by atoms with E-state index >= 15 is 0 Å². The van der Waals surface area contributed by atoms with E-state index in [-0.39, 0.29) is 35.6 Å². The quantitative estimate of drug-likeness (QED) is 0.554. The number of aromatic hydroxyl groups is 2. The van der Waals surface area contributed by atoms with Gasteiger partial charge in [0, 0.05) is 42.8 Å². The van der Waals surface area contributed by atoms with Crippen molar-refractivity contribution in [3.05, 3.63) is 83.7 Å². The Hall–Kier alpha value is -3.91. The summed E-state index contributed by atoms with van der Waals surface area (Å²) in [5, 5.41) is 29.5. The van der Waals surface area contributed by atoms with Gasteiger partial charge in [0.05, 0.1) is 18.2 Å². The number of hydrogen-bond acceptors (Lipinski definition) is 6. The van der Waals surface area contributed by atoms with Crippen molar-refractivity contribution in [3.63, 3.8) is 0 Å². The van der Waals surface area contributed by atoms with Crippen LogP contribution in [0.3, 0.4) is 0 Å². The van der Waals surface area contributed by atoms with Crippen molar-refractivity contribution < 1.29 is 24.9 Å². The molecule has 0 spiro atoms. The Labute approximate surface area is 191 Å². The highest BCUT2D eigenvalue weighted by Crippen LogP contribution is 2.28. The van der Waals surface area contributed by atoms with Gasteiger partial charge in [-0.05, 0) is 60.9 Å². The van der Waals surface area contributed by atoms with Crippen LogP contribution < -0.4 is 4.90 Å². The number of aliphatic hydroxyl groups is 1. The zero-order chi connectivity index (χ0) is 23.4. The molecule has 2 amide bonds. The second-order valence-electron chi connectivity index (χ2n) is 8.02. The Morgan fingerprint density at radius 3 is 2.39 bits per heavy atom. The van der Waals surface area contributed by atoms with Gasteiger partial charge in [-0.25, -0.2) is 0 Å². The molecule has 1 saturated heterocycles. The number of carbonyl (C=O) groups excluding carboxylic acids is 2. The number of carbonyl (C=O) groups is 2. The third-order valence-corrected chi connectivity index (χ3v) is 5.70. The summed E-state index contributed by atoms with van der Waals surface area (Å²) >= 11 is 0. The van der Waals surface area contributed by atoms with E-state index in [1.54, 1.807) is 47.6 Å². The van der Waals surface area contributed by atoms with E-state index in [0.29, 0.717) is 37.2 Å². The molecule has 2 heterocycles. The van der Waals surface area contributed by atoms with Crippen LogP contribution in [0.4, 0.5) is 5.69 Å². The van der Waals surface area contributed by atoms with Crippen molar-refractivity contribution in [3.8, 4) is 11.5 Å². The highest BCUT2D eigenvalue weighted by molar-refractivity contribution is 6.08. The number of amides is 2. The van der Waals surface area contributed by atoms with E-state index in [0.717, 1.165) is 11.6 Å². The molecule has 0 atom stereocenters. The first-order valence-corrected chi connectivity index (χ1v) is 10.7. The lowest BCUT2D eigenvalue weighted by atomic mass is 10.1. The molecule has 1 aliphatic rings. The van der Waals surface area contributed by atoms with E-state index in [1.165, 1.54) is 17.0 Å². The van der Waals surface area contributed by atoms with Gasteiger partial charge in [-0.3, -0.25) is 14.6 Å². The van der Waals surface area contributed by atoms with Crippen LogP contribution in [0.5, 0.6) is 11.5 Å². The van der Waals surface area contributed by atoms with E-state index in [1.807, 2.05) is 6.07 Å². The predicted octanol–water partition coefficient (Wildman–Crippen LogP) is 2.94. The number of hydrogen-bond donors (Lipinski definition) is 3. The Balaban J connectivity index is 1.61. The summed E-state index contributed by atoms with van der Waals surface area (Å²) in [6.07, 6.45) is 4.06. The van der Waals surface area contributed by atoms with Crippen LogP contribution in [0.1, 0.15) is 39.1 Å². The first kappa shape index (κ1) is 22.3. The lowest BCUT2D eigenvalue weighted by Crippen LogP contribution is -2.40. The van der Waals surface area contributed by atoms with Gasteiger partial charge in [-0.1, -0.05) is 6.07 Å². The number of likely N-dealkylation sites (tertiary alicyclic amines) is 1. The highest BCUT2D eigenvalue weighted by Gasteiger charge is 2.24. The van der Waals surface area contributed by atoms with Crippen LogP contribution in [-0.2, 0) is 6.54 Å². The molecule has 3 aromatic rings. The Kier molecular flexibility index (Phi) is 6.55. The van der Waals surface area contributed by atoms with Crippen molar-refractivity contribution in [2.24, 2.45) is 0 Å². The number of aliphatic hydroxyl groups excluding tert-OH is 1. The van der Waals surface area contributed by atoms with Gasteiger partial charge in [0.25, 0.3) is 11.8 Å². The maximum atomic E-state index is 13.3. The number of rotatable bonds is 5. The molecule has 170 valence electrons. The number of phenolic OH excluding ortho intramolecular Hbond substituents is 2. The van der Waals surface area contributed by atoms with E-state index in [4.69, 9.17) is 0 Å². The standard InChI is InChI=1S/C25H25N3O5/c29-20-9-12-27(13-10-20)24(32)18-3-5-19(6-4-18)28(16-17-2-1-11-26-15-17)25(33)22-8-7-21(30)14-23(22)31/h1-8,11,14-15,20,29-31H,9-10,12-13,16H2. The fourth-order valence-electron chi connectivity index (χ4n) is 3.84. The monoisotopic (exact) mass is 447 g/mol. The van der Waals surface area contributed by atoms with Crippen molar-refractivity contribution in [2.75, 3.05) is 18.0 Å². The van der Waals surface area contributed by atoms with Crippen molar-refractivity contribution >= 4 is 17.5 Å². The number of nitrogens with zero attached hydrogens (tertiary/aromatic N) is 3. The first-order valence-electron chi connectivity index (χ1n) is 10.7. The summed E-state index contributed by atoms with van der Waals surface area (Å²) in [5.74, 6) is -1.04. The normalized spacial score (nSPS) is 14.2. The summed E-state index contributed by atoms with van der Waals surface area (Å²) in [6.45, 7) is 1.21. The topological polar surface area (TPSA) is 114 Å². The molecule has 4 rings (SSSR count). The molecule has 1 fully saturated rings. The summed E-state index contributed by atoms with van der Waals surface area (Å²) < 4.78 is 0. The van der Waals surface area contributed by atoms with E-state index < -0.39 is 5.91 Å². The number of phenols is 2. The molecule has 0 bridgehead atoms. The third kappa shape index (κ3) is 5.12. The predicted molar refractivity (Wildman–Crippen MR) is 122 cm³/mol. The summed E-state index contributed by atoms with van der Waals surface area (Å²) in [6, 6.07) is 14.2. The SMILES string of the molecule is O=C(c1ccc(N(Cc2cccnc2)C(=O)c2ccc(O)cc2O)cc1)N1CCC(O)CC1. The van der Waals surface area contributed by atoms with Crippen molar-refractivity contribution in [2.45, 2.75) is 25.5 Å². The summed E-state index contributed by atoms with van der Waals surface area (Å²) in [5.41, 5.74) is 1.87. The van der Waals surface area contributed by atoms with Crippen LogP contribution in [0.15, 0.2) is 67.0 Å². The molecule has 3 N–H and O–H groups in total. The fraction of sp³-hybridized carbons (Fsp3) is 0.240. The van der Waals surface area contributed by atoms with Gasteiger partial charge >= 0.3 is 0 Å². The number of benzene rings is 2. The maximum Gasteiger partial charge on any atom is 0.262 e. The lowest BCUT2D eigenvalue weighted by molar-refractivity contribution is 0.0546. The van der Waals surface area contributed by atoms with Gasteiger partial charge in [0.2, 0.25) is 0 Å². The molecule has 1 aromatic heterocycles. The number of pyridine rings is 1. The van der Waals surface area contributed by atoms with Crippen LogP contribution in [0.25, 0.3) is 0 Å². The van der Waals surface area contributed by atoms with Gasteiger partial charge in [0.15, 0.2) is 0 Å². The van der Waals surface area contributed by atoms with Gasteiger partial charge < -0.3 is 25.1 Å². The van der Waals surface area contributed by atoms with Crippen molar-refractivity contribution in [1.82, 2.24) is 9.88 Å². The molecule has 1 aliphatic heterocycles. The minimum Gasteiger partial charge on any atom is -0.508 e. The number of anilines is 1. The maximum absolute atomic E-state index is 13.3. The molecule has 0 aliphatic carbocycles.